The lowest BCUT2D eigenvalue weighted by atomic mass is 9.85. The third-order valence-electron chi connectivity index (χ3n) is 10.4. The minimum atomic E-state index is -5.14. The van der Waals surface area contributed by atoms with Gasteiger partial charge in [0.15, 0.2) is 6.10 Å². The van der Waals surface area contributed by atoms with Crippen LogP contribution in [-0.4, -0.2) is 98.3 Å². The summed E-state index contributed by atoms with van der Waals surface area (Å²) in [6.45, 7) is 3.17. The van der Waals surface area contributed by atoms with Gasteiger partial charge in [0.25, 0.3) is 0 Å². The SMILES string of the molecule is CCC/C=C\C/C=C\C/C=C\C/C=C\C/C=C\CCC(=O)OC(COC(=O)CCCCCCCCCCCCCCCCC)COP(=O)(O)OC1[C@@H](O)[C@H](O)C(O)[C@H](O)[C@@H]1O. The topological polar surface area (TPSA) is 210 Å². The van der Waals surface area contributed by atoms with E-state index >= 15 is 0 Å². The zero-order chi connectivity index (χ0) is 45.0. The van der Waals surface area contributed by atoms with Crippen LogP contribution >= 0.6 is 7.82 Å². The summed E-state index contributed by atoms with van der Waals surface area (Å²) in [5.74, 6) is -1.20. The lowest BCUT2D eigenvalue weighted by Gasteiger charge is -2.41. The Hall–Kier alpha value is -2.45. The van der Waals surface area contributed by atoms with E-state index in [9.17, 15) is 44.6 Å². The molecular weight excluding hydrogens is 803 g/mol. The van der Waals surface area contributed by atoms with Gasteiger partial charge < -0.3 is 39.9 Å². The number of phosphoric acid groups is 1. The van der Waals surface area contributed by atoms with Gasteiger partial charge in [-0.2, -0.15) is 0 Å². The summed E-state index contributed by atoms with van der Waals surface area (Å²) in [6.07, 6.45) is 31.4. The predicted octanol–water partition coefficient (Wildman–Crippen LogP) is 8.94. The number of hydrogen-bond acceptors (Lipinski definition) is 12. The largest absolute Gasteiger partial charge is 0.472 e. The maximum absolute atomic E-state index is 12.8. The summed E-state index contributed by atoms with van der Waals surface area (Å²) >= 11 is 0. The Bertz CT molecular complexity index is 1300. The second-order valence-electron chi connectivity index (χ2n) is 15.9. The maximum atomic E-state index is 12.8. The molecule has 13 nitrogen and oxygen atoms in total. The van der Waals surface area contributed by atoms with E-state index in [-0.39, 0.29) is 12.8 Å². The van der Waals surface area contributed by atoms with Crippen LogP contribution in [0.2, 0.25) is 0 Å². The highest BCUT2D eigenvalue weighted by atomic mass is 31.2. The number of aliphatic hydroxyl groups is 5. The molecule has 61 heavy (non-hydrogen) atoms. The summed E-state index contributed by atoms with van der Waals surface area (Å²) in [6, 6.07) is 0. The molecule has 352 valence electrons. The molecule has 1 saturated carbocycles. The molecule has 0 aromatic carbocycles. The lowest BCUT2D eigenvalue weighted by molar-refractivity contribution is -0.220. The molecule has 0 amide bonds. The van der Waals surface area contributed by atoms with Gasteiger partial charge in [0.1, 0.15) is 43.2 Å². The average molecular weight is 885 g/mol. The van der Waals surface area contributed by atoms with E-state index in [2.05, 4.69) is 56.4 Å². The fraction of sp³-hybridized carbons (Fsp3) is 0.745. The molecule has 8 atom stereocenters. The molecule has 14 heteroatoms. The van der Waals surface area contributed by atoms with E-state index in [0.29, 0.717) is 19.3 Å². The highest BCUT2D eigenvalue weighted by Crippen LogP contribution is 2.47. The zero-order valence-corrected chi connectivity index (χ0v) is 38.1. The smallest absolute Gasteiger partial charge is 0.462 e. The standard InChI is InChI=1S/C47H81O13P/c1-3-5-7-9-11-13-15-17-19-20-22-24-26-28-30-32-34-36-41(49)59-39(38-58-61(55,56)60-47-45(53)43(51)42(50)44(52)46(47)54)37-57-40(48)35-33-31-29-27-25-23-21-18-16-14-12-10-8-6-4-2/h7,9,13,15,19-20,24,26,30,32,39,42-47,50-54H,3-6,8,10-12,14,16-18,21-23,25,27-29,31,33-38H2,1-2H3,(H,55,56)/b9-7-,15-13-,20-19-,26-24-,32-30-/t39?,42?,43-,44+,45-,46-,47?/m0/s1. The van der Waals surface area contributed by atoms with Crippen LogP contribution in [0.5, 0.6) is 0 Å². The second kappa shape index (κ2) is 37.0. The van der Waals surface area contributed by atoms with Gasteiger partial charge in [-0.25, -0.2) is 4.57 Å². The minimum absolute atomic E-state index is 0.0275. The van der Waals surface area contributed by atoms with Crippen LogP contribution in [0.3, 0.4) is 0 Å². The van der Waals surface area contributed by atoms with Gasteiger partial charge in [0, 0.05) is 12.8 Å². The summed E-state index contributed by atoms with van der Waals surface area (Å²) in [5.41, 5.74) is 0. The van der Waals surface area contributed by atoms with E-state index < -0.39 is 75.7 Å². The number of rotatable bonds is 37. The van der Waals surface area contributed by atoms with E-state index in [4.69, 9.17) is 18.5 Å². The van der Waals surface area contributed by atoms with Crippen molar-refractivity contribution in [2.45, 2.75) is 211 Å². The van der Waals surface area contributed by atoms with Gasteiger partial charge in [-0.15, -0.1) is 0 Å². The Labute approximate surface area is 366 Å². The lowest BCUT2D eigenvalue weighted by Crippen LogP contribution is -2.64. The summed E-state index contributed by atoms with van der Waals surface area (Å²) in [5, 5.41) is 50.1. The molecular formula is C47H81O13P. The van der Waals surface area contributed by atoms with E-state index in [0.717, 1.165) is 51.4 Å². The van der Waals surface area contributed by atoms with Crippen LogP contribution < -0.4 is 0 Å². The van der Waals surface area contributed by atoms with Gasteiger partial charge in [-0.3, -0.25) is 18.6 Å². The quantitative estimate of drug-likeness (QED) is 0.0149. The van der Waals surface area contributed by atoms with Crippen molar-refractivity contribution in [2.75, 3.05) is 13.2 Å². The van der Waals surface area contributed by atoms with Crippen molar-refractivity contribution < 1.29 is 63.1 Å². The molecule has 0 aliphatic heterocycles. The minimum Gasteiger partial charge on any atom is -0.462 e. The second-order valence-corrected chi connectivity index (χ2v) is 17.3. The molecule has 0 spiro atoms. The molecule has 0 radical (unpaired) electrons. The van der Waals surface area contributed by atoms with Crippen molar-refractivity contribution in [1.29, 1.82) is 0 Å². The van der Waals surface area contributed by atoms with Crippen LogP contribution in [-0.2, 0) is 32.7 Å². The number of carbonyl (C=O) groups is 2. The first-order valence-electron chi connectivity index (χ1n) is 23.1. The maximum Gasteiger partial charge on any atom is 0.472 e. The predicted molar refractivity (Wildman–Crippen MR) is 239 cm³/mol. The van der Waals surface area contributed by atoms with Gasteiger partial charge in [-0.1, -0.05) is 171 Å². The van der Waals surface area contributed by atoms with Crippen LogP contribution in [0.1, 0.15) is 168 Å². The Morgan fingerprint density at radius 3 is 1.38 bits per heavy atom. The number of unbranched alkanes of at least 4 members (excludes halogenated alkanes) is 15. The number of hydrogen-bond donors (Lipinski definition) is 6. The highest BCUT2D eigenvalue weighted by Gasteiger charge is 2.51. The van der Waals surface area contributed by atoms with E-state index in [1.54, 1.807) is 0 Å². The van der Waals surface area contributed by atoms with Crippen molar-refractivity contribution in [1.82, 2.24) is 0 Å². The average Bonchev–Trinajstić information content (AvgIpc) is 3.24. The fourth-order valence-electron chi connectivity index (χ4n) is 6.63. The van der Waals surface area contributed by atoms with Gasteiger partial charge in [0.05, 0.1) is 6.61 Å². The molecule has 0 saturated heterocycles. The van der Waals surface area contributed by atoms with Crippen molar-refractivity contribution in [3.05, 3.63) is 60.8 Å². The summed E-state index contributed by atoms with van der Waals surface area (Å²) < 4.78 is 33.4. The highest BCUT2D eigenvalue weighted by molar-refractivity contribution is 7.47. The molecule has 0 bridgehead atoms. The zero-order valence-electron chi connectivity index (χ0n) is 37.2. The molecule has 1 aliphatic rings. The number of carbonyl (C=O) groups excluding carboxylic acids is 2. The fourth-order valence-corrected chi connectivity index (χ4v) is 7.60. The van der Waals surface area contributed by atoms with Crippen molar-refractivity contribution in [3.8, 4) is 0 Å². The van der Waals surface area contributed by atoms with Crippen molar-refractivity contribution in [3.63, 3.8) is 0 Å². The number of aliphatic hydroxyl groups excluding tert-OH is 5. The van der Waals surface area contributed by atoms with Gasteiger partial charge >= 0.3 is 19.8 Å². The Morgan fingerprint density at radius 2 is 0.918 bits per heavy atom. The molecule has 6 N–H and O–H groups in total. The molecule has 1 fully saturated rings. The third kappa shape index (κ3) is 29.5. The Morgan fingerprint density at radius 1 is 0.508 bits per heavy atom. The van der Waals surface area contributed by atoms with Crippen LogP contribution in [0.4, 0.5) is 0 Å². The first-order chi connectivity index (χ1) is 29.4. The van der Waals surface area contributed by atoms with Crippen LogP contribution in [0, 0.1) is 0 Å². The molecule has 4 unspecified atom stereocenters. The number of allylic oxidation sites excluding steroid dienone is 10. The van der Waals surface area contributed by atoms with E-state index in [1.165, 1.54) is 70.6 Å². The number of esters is 2. The third-order valence-corrected chi connectivity index (χ3v) is 11.3. The monoisotopic (exact) mass is 885 g/mol. The van der Waals surface area contributed by atoms with Crippen LogP contribution in [0.25, 0.3) is 0 Å². The normalized spacial score (nSPS) is 22.6. The first-order valence-corrected chi connectivity index (χ1v) is 24.6. The van der Waals surface area contributed by atoms with Crippen LogP contribution in [0.15, 0.2) is 60.8 Å². The number of phosphoric ester groups is 1. The molecule has 0 heterocycles. The molecule has 1 rings (SSSR count). The van der Waals surface area contributed by atoms with Gasteiger partial charge in [-0.05, 0) is 44.9 Å². The molecule has 1 aliphatic carbocycles. The Balaban J connectivity index is 2.52. The van der Waals surface area contributed by atoms with Crippen molar-refractivity contribution in [2.24, 2.45) is 0 Å². The Kier molecular flexibility index (Phi) is 34.3. The molecule has 0 aromatic heterocycles. The first kappa shape index (κ1) is 56.6. The summed E-state index contributed by atoms with van der Waals surface area (Å²) in [4.78, 5) is 35.6. The number of ether oxygens (including phenoxy) is 2. The van der Waals surface area contributed by atoms with Gasteiger partial charge in [0.2, 0.25) is 0 Å². The van der Waals surface area contributed by atoms with Crippen molar-refractivity contribution >= 4 is 19.8 Å². The van der Waals surface area contributed by atoms with E-state index in [1.807, 2.05) is 18.2 Å². The summed E-state index contributed by atoms with van der Waals surface area (Å²) in [7, 11) is -5.14. The molecule has 0 aromatic rings.